The molecule has 1 aromatic carbocycles. The van der Waals surface area contributed by atoms with Gasteiger partial charge in [-0.15, -0.1) is 0 Å². The first-order valence-electron chi connectivity index (χ1n) is 5.15. The van der Waals surface area contributed by atoms with Gasteiger partial charge in [-0.2, -0.15) is 0 Å². The van der Waals surface area contributed by atoms with E-state index in [9.17, 15) is 10.2 Å². The molecule has 1 aromatic rings. The highest BCUT2D eigenvalue weighted by Crippen LogP contribution is 2.18. The van der Waals surface area contributed by atoms with Crippen LogP contribution in [0.25, 0.3) is 0 Å². The first-order valence-corrected chi connectivity index (χ1v) is 5.15. The lowest BCUT2D eigenvalue weighted by atomic mass is 10.2. The molecule has 0 spiro atoms. The highest BCUT2D eigenvalue weighted by atomic mass is 16.3. The number of phenols is 1. The van der Waals surface area contributed by atoms with Gasteiger partial charge in [0.25, 0.3) is 5.85 Å². The first-order chi connectivity index (χ1) is 7.14. The Bertz CT molecular complexity index is 484. The van der Waals surface area contributed by atoms with Gasteiger partial charge in [0.15, 0.2) is 0 Å². The predicted molar refractivity (Wildman–Crippen MR) is 54.9 cm³/mol. The van der Waals surface area contributed by atoms with Crippen LogP contribution >= 0.6 is 0 Å². The minimum Gasteiger partial charge on any atom is -0.506 e. The molecule has 1 aliphatic rings. The van der Waals surface area contributed by atoms with Crippen molar-refractivity contribution in [3.05, 3.63) is 28.9 Å². The maximum atomic E-state index is 10.0. The van der Waals surface area contributed by atoms with Crippen LogP contribution in [0.3, 0.4) is 0 Å². The van der Waals surface area contributed by atoms with E-state index in [2.05, 4.69) is 9.98 Å². The lowest BCUT2D eigenvalue weighted by molar-refractivity contribution is 0.0459. The summed E-state index contributed by atoms with van der Waals surface area (Å²) in [5.74, 6) is -1.29. The molecule has 0 radical (unpaired) electrons. The van der Waals surface area contributed by atoms with Gasteiger partial charge in [-0.25, -0.2) is 9.98 Å². The van der Waals surface area contributed by atoms with Crippen LogP contribution in [0.5, 0.6) is 5.75 Å². The molecule has 1 heterocycles. The van der Waals surface area contributed by atoms with E-state index in [1.807, 2.05) is 6.92 Å². The highest BCUT2D eigenvalue weighted by Gasteiger charge is 2.27. The molecule has 1 aliphatic heterocycles. The topological polar surface area (TPSA) is 65.2 Å². The van der Waals surface area contributed by atoms with Gasteiger partial charge in [-0.3, -0.25) is 0 Å². The quantitative estimate of drug-likeness (QED) is 0.755. The summed E-state index contributed by atoms with van der Waals surface area (Å²) in [7, 11) is 0. The normalized spacial score (nSPS) is 23.1. The van der Waals surface area contributed by atoms with Gasteiger partial charge in [-0.1, -0.05) is 19.4 Å². The SMILES string of the molecule is CCCCC1(O)N=c2cccc(O)c2=N1. The fourth-order valence-electron chi connectivity index (χ4n) is 1.65. The second-order valence-corrected chi connectivity index (χ2v) is 3.75. The summed E-state index contributed by atoms with van der Waals surface area (Å²) in [4.78, 5) is 8.17. The largest absolute Gasteiger partial charge is 0.506 e. The van der Waals surface area contributed by atoms with Crippen molar-refractivity contribution in [1.82, 2.24) is 0 Å². The number of rotatable bonds is 3. The van der Waals surface area contributed by atoms with Crippen LogP contribution in [0.2, 0.25) is 0 Å². The summed E-state index contributed by atoms with van der Waals surface area (Å²) in [6.07, 6.45) is 2.34. The van der Waals surface area contributed by atoms with Crippen molar-refractivity contribution in [1.29, 1.82) is 0 Å². The Morgan fingerprint density at radius 3 is 2.80 bits per heavy atom. The zero-order chi connectivity index (χ0) is 10.9. The zero-order valence-corrected chi connectivity index (χ0v) is 8.64. The molecule has 2 rings (SSSR count). The lowest BCUT2D eigenvalue weighted by Crippen LogP contribution is -2.21. The lowest BCUT2D eigenvalue weighted by Gasteiger charge is -2.14. The van der Waals surface area contributed by atoms with E-state index in [1.165, 1.54) is 0 Å². The van der Waals surface area contributed by atoms with Crippen molar-refractivity contribution in [2.45, 2.75) is 32.0 Å². The Labute approximate surface area is 87.6 Å². The average Bonchev–Trinajstić information content (AvgIpc) is 2.54. The van der Waals surface area contributed by atoms with E-state index in [0.29, 0.717) is 17.1 Å². The van der Waals surface area contributed by atoms with Gasteiger partial charge in [0.1, 0.15) is 11.1 Å². The maximum Gasteiger partial charge on any atom is 0.255 e. The van der Waals surface area contributed by atoms with Crippen LogP contribution in [-0.2, 0) is 0 Å². The second kappa shape index (κ2) is 3.62. The molecule has 4 nitrogen and oxygen atoms in total. The van der Waals surface area contributed by atoms with Crippen molar-refractivity contribution in [2.75, 3.05) is 0 Å². The van der Waals surface area contributed by atoms with E-state index >= 15 is 0 Å². The molecule has 0 fully saturated rings. The Kier molecular flexibility index (Phi) is 2.44. The summed E-state index contributed by atoms with van der Waals surface area (Å²) in [5, 5.41) is 20.5. The monoisotopic (exact) mass is 206 g/mol. The number of hydrogen-bond acceptors (Lipinski definition) is 4. The minimum absolute atomic E-state index is 0.0728. The number of hydrogen-bond donors (Lipinski definition) is 2. The number of aliphatic hydroxyl groups is 1. The molecule has 0 amide bonds. The molecule has 0 bridgehead atoms. The third kappa shape index (κ3) is 1.85. The third-order valence-electron chi connectivity index (χ3n) is 2.45. The van der Waals surface area contributed by atoms with Gasteiger partial charge in [0.05, 0.1) is 5.36 Å². The average molecular weight is 206 g/mol. The Balaban J connectivity index is 2.42. The van der Waals surface area contributed by atoms with Gasteiger partial charge < -0.3 is 10.2 Å². The number of phenolic OH excluding ortho intramolecular Hbond substituents is 1. The van der Waals surface area contributed by atoms with Crippen LogP contribution < -0.4 is 10.7 Å². The summed E-state index contributed by atoms with van der Waals surface area (Å²) < 4.78 is 0. The second-order valence-electron chi connectivity index (χ2n) is 3.75. The molecule has 0 saturated carbocycles. The van der Waals surface area contributed by atoms with Crippen LogP contribution in [0, 0.1) is 0 Å². The standard InChI is InChI=1S/C11H14N2O2/c1-2-3-7-11(15)12-8-5-4-6-9(14)10(8)13-11/h4-6,14-15H,2-3,7H2,1H3. The molecular weight excluding hydrogens is 192 g/mol. The van der Waals surface area contributed by atoms with Crippen LogP contribution in [0.4, 0.5) is 0 Å². The number of fused-ring (bicyclic) bond motifs is 1. The van der Waals surface area contributed by atoms with Crippen molar-refractivity contribution < 1.29 is 10.2 Å². The summed E-state index contributed by atoms with van der Waals surface area (Å²) in [6.45, 7) is 2.04. The molecule has 1 atom stereocenters. The van der Waals surface area contributed by atoms with Crippen LogP contribution in [0.15, 0.2) is 28.2 Å². The number of para-hydroxylation sites is 1. The highest BCUT2D eigenvalue weighted by molar-refractivity contribution is 5.21. The predicted octanol–water partition coefficient (Wildman–Crippen LogP) is 0.481. The smallest absolute Gasteiger partial charge is 0.255 e. The Morgan fingerprint density at radius 2 is 2.13 bits per heavy atom. The Morgan fingerprint density at radius 1 is 1.33 bits per heavy atom. The maximum absolute atomic E-state index is 10.0. The van der Waals surface area contributed by atoms with E-state index < -0.39 is 5.85 Å². The van der Waals surface area contributed by atoms with Crippen LogP contribution in [0.1, 0.15) is 26.2 Å². The fraction of sp³-hybridized carbons (Fsp3) is 0.455. The molecule has 15 heavy (non-hydrogen) atoms. The number of aromatic hydroxyl groups is 1. The van der Waals surface area contributed by atoms with Crippen molar-refractivity contribution in [3.8, 4) is 5.75 Å². The molecule has 0 aliphatic carbocycles. The van der Waals surface area contributed by atoms with E-state index in [1.54, 1.807) is 18.2 Å². The number of unbranched alkanes of at least 4 members (excludes halogenated alkanes) is 1. The molecule has 2 N–H and O–H groups in total. The van der Waals surface area contributed by atoms with Crippen LogP contribution in [-0.4, -0.2) is 16.1 Å². The van der Waals surface area contributed by atoms with Gasteiger partial charge in [0.2, 0.25) is 0 Å². The minimum atomic E-state index is -1.36. The third-order valence-corrected chi connectivity index (χ3v) is 2.45. The number of nitrogens with zero attached hydrogens (tertiary/aromatic N) is 2. The van der Waals surface area contributed by atoms with Crippen molar-refractivity contribution >= 4 is 0 Å². The van der Waals surface area contributed by atoms with Crippen molar-refractivity contribution in [2.24, 2.45) is 9.98 Å². The summed E-state index contributed by atoms with van der Waals surface area (Å²) >= 11 is 0. The molecular formula is C11H14N2O2. The van der Waals surface area contributed by atoms with Crippen molar-refractivity contribution in [3.63, 3.8) is 0 Å². The van der Waals surface area contributed by atoms with E-state index in [-0.39, 0.29) is 5.75 Å². The van der Waals surface area contributed by atoms with Gasteiger partial charge >= 0.3 is 0 Å². The first kappa shape index (κ1) is 10.1. The molecule has 0 aromatic heterocycles. The number of benzene rings is 1. The van der Waals surface area contributed by atoms with Gasteiger partial charge in [-0.05, 0) is 18.6 Å². The van der Waals surface area contributed by atoms with Gasteiger partial charge in [0, 0.05) is 6.42 Å². The molecule has 4 heteroatoms. The Hall–Kier alpha value is -1.42. The van der Waals surface area contributed by atoms with E-state index in [0.717, 1.165) is 12.8 Å². The fourth-order valence-corrected chi connectivity index (χ4v) is 1.65. The molecule has 0 saturated heterocycles. The summed E-state index contributed by atoms with van der Waals surface area (Å²) in [5.41, 5.74) is 0. The van der Waals surface area contributed by atoms with E-state index in [4.69, 9.17) is 0 Å². The zero-order valence-electron chi connectivity index (χ0n) is 8.64. The molecule has 80 valence electrons. The summed E-state index contributed by atoms with van der Waals surface area (Å²) in [6, 6.07) is 4.98. The molecule has 1 unspecified atom stereocenters.